The molecule has 1 saturated heterocycles. The van der Waals surface area contributed by atoms with E-state index in [2.05, 4.69) is 15.3 Å². The molecule has 2 heterocycles. The van der Waals surface area contributed by atoms with Gasteiger partial charge in [0.2, 0.25) is 0 Å². The molecule has 0 unspecified atom stereocenters. The first-order valence-corrected chi connectivity index (χ1v) is 10.1. The van der Waals surface area contributed by atoms with E-state index in [-0.39, 0.29) is 29.3 Å². The van der Waals surface area contributed by atoms with Gasteiger partial charge in [0.25, 0.3) is 5.91 Å². The summed E-state index contributed by atoms with van der Waals surface area (Å²) in [5.41, 5.74) is 1.85. The van der Waals surface area contributed by atoms with Crippen molar-refractivity contribution in [2.45, 2.75) is 25.0 Å². The molecule has 7 nitrogen and oxygen atoms in total. The van der Waals surface area contributed by atoms with E-state index in [1.165, 1.54) is 18.2 Å². The molecule has 31 heavy (non-hydrogen) atoms. The fraction of sp³-hybridized carbons (Fsp3) is 0.304. The maximum atomic E-state index is 13.4. The first-order chi connectivity index (χ1) is 15.0. The number of aromatic nitrogens is 2. The molecular formula is C23H25FN4O3. The molecule has 1 aliphatic heterocycles. The molecule has 2 atom stereocenters. The van der Waals surface area contributed by atoms with Gasteiger partial charge in [-0.05, 0) is 42.3 Å². The lowest BCUT2D eigenvalue weighted by Gasteiger charge is -2.23. The summed E-state index contributed by atoms with van der Waals surface area (Å²) in [5, 5.41) is 16.9. The summed E-state index contributed by atoms with van der Waals surface area (Å²) in [6.45, 7) is 2.06. The van der Waals surface area contributed by atoms with Crippen molar-refractivity contribution in [1.29, 1.82) is 0 Å². The Labute approximate surface area is 180 Å². The van der Waals surface area contributed by atoms with E-state index in [9.17, 15) is 14.3 Å². The number of anilines is 1. The molecule has 1 aromatic heterocycles. The summed E-state index contributed by atoms with van der Waals surface area (Å²) in [4.78, 5) is 14.7. The van der Waals surface area contributed by atoms with Gasteiger partial charge in [0.15, 0.2) is 0 Å². The number of likely N-dealkylation sites (tertiary alicyclic amines) is 1. The van der Waals surface area contributed by atoms with Crippen LogP contribution >= 0.6 is 0 Å². The van der Waals surface area contributed by atoms with Crippen molar-refractivity contribution < 1.29 is 19.0 Å². The molecule has 1 fully saturated rings. The van der Waals surface area contributed by atoms with Crippen molar-refractivity contribution in [2.75, 3.05) is 25.6 Å². The van der Waals surface area contributed by atoms with Crippen molar-refractivity contribution >= 4 is 11.6 Å². The van der Waals surface area contributed by atoms with Gasteiger partial charge >= 0.3 is 0 Å². The highest BCUT2D eigenvalue weighted by atomic mass is 19.1. The first kappa shape index (κ1) is 21.0. The van der Waals surface area contributed by atoms with Gasteiger partial charge in [-0.25, -0.2) is 4.39 Å². The van der Waals surface area contributed by atoms with Crippen LogP contribution in [0.4, 0.5) is 10.1 Å². The summed E-state index contributed by atoms with van der Waals surface area (Å²) < 4.78 is 20.6. The van der Waals surface area contributed by atoms with Gasteiger partial charge in [0, 0.05) is 38.0 Å². The van der Waals surface area contributed by atoms with Crippen LogP contribution in [0.3, 0.4) is 0 Å². The maximum absolute atomic E-state index is 13.4. The highest BCUT2D eigenvalue weighted by Gasteiger charge is 2.33. The van der Waals surface area contributed by atoms with Gasteiger partial charge in [0.1, 0.15) is 11.6 Å². The Morgan fingerprint density at radius 3 is 2.90 bits per heavy atom. The summed E-state index contributed by atoms with van der Waals surface area (Å²) in [6, 6.07) is 13.2. The Bertz CT molecular complexity index is 1050. The zero-order valence-corrected chi connectivity index (χ0v) is 17.2. The fourth-order valence-corrected chi connectivity index (χ4v) is 4.03. The van der Waals surface area contributed by atoms with Gasteiger partial charge in [-0.3, -0.25) is 14.4 Å². The number of carbonyl (C=O) groups excluding carboxylic acids is 1. The van der Waals surface area contributed by atoms with Crippen LogP contribution in [0, 0.1) is 5.82 Å². The maximum Gasteiger partial charge on any atom is 0.255 e. The molecule has 162 valence electrons. The number of nitrogens with one attached hydrogen (secondary N) is 1. The number of carbonyl (C=O) groups is 1. The van der Waals surface area contributed by atoms with Crippen LogP contribution in [0.15, 0.2) is 60.9 Å². The second-order valence-corrected chi connectivity index (χ2v) is 7.77. The third-order valence-corrected chi connectivity index (χ3v) is 5.48. The molecule has 0 radical (unpaired) electrons. The number of nitrogens with zero attached hydrogens (tertiary/aromatic N) is 3. The standard InChI is InChI=1S/C23H25FN4O3/c1-31-15-21-10-20(14-27(21)12-16-4-2-7-22(29)8-16)28-13-19(11-25-28)26-23(30)17-5-3-6-18(24)9-17/h2-9,11,13,20-21,29H,10,12,14-15H2,1H3,(H,26,30)/t20-,21-/m0/s1. The zero-order chi connectivity index (χ0) is 21.8. The predicted octanol–water partition coefficient (Wildman–Crippen LogP) is 3.44. The molecule has 0 aliphatic carbocycles. The Kier molecular flexibility index (Phi) is 6.29. The summed E-state index contributed by atoms with van der Waals surface area (Å²) in [7, 11) is 1.69. The minimum Gasteiger partial charge on any atom is -0.508 e. The van der Waals surface area contributed by atoms with Gasteiger partial charge in [-0.1, -0.05) is 18.2 Å². The molecule has 1 aliphatic rings. The topological polar surface area (TPSA) is 79.6 Å². The second-order valence-electron chi connectivity index (χ2n) is 7.77. The number of phenols is 1. The minimum atomic E-state index is -0.453. The van der Waals surface area contributed by atoms with E-state index in [1.807, 2.05) is 16.8 Å². The third kappa shape index (κ3) is 5.10. The quantitative estimate of drug-likeness (QED) is 0.607. The minimum absolute atomic E-state index is 0.122. The van der Waals surface area contributed by atoms with Crippen molar-refractivity contribution in [3.05, 3.63) is 77.9 Å². The molecule has 2 N–H and O–H groups in total. The molecule has 8 heteroatoms. The largest absolute Gasteiger partial charge is 0.508 e. The molecule has 2 aromatic carbocycles. The van der Waals surface area contributed by atoms with Crippen LogP contribution in [-0.2, 0) is 11.3 Å². The van der Waals surface area contributed by atoms with Crippen LogP contribution in [0.5, 0.6) is 5.75 Å². The van der Waals surface area contributed by atoms with Crippen molar-refractivity contribution in [3.8, 4) is 5.75 Å². The number of ether oxygens (including phenoxy) is 1. The van der Waals surface area contributed by atoms with Crippen molar-refractivity contribution in [1.82, 2.24) is 14.7 Å². The molecule has 3 aromatic rings. The molecule has 1 amide bonds. The molecule has 0 bridgehead atoms. The van der Waals surface area contributed by atoms with Crippen LogP contribution in [0.25, 0.3) is 0 Å². The Balaban J connectivity index is 1.43. The zero-order valence-electron chi connectivity index (χ0n) is 17.2. The molecule has 0 saturated carbocycles. The number of methoxy groups -OCH3 is 1. The van der Waals surface area contributed by atoms with E-state index >= 15 is 0 Å². The first-order valence-electron chi connectivity index (χ1n) is 10.1. The lowest BCUT2D eigenvalue weighted by molar-refractivity contribution is 0.102. The number of hydrogen-bond donors (Lipinski definition) is 2. The summed E-state index contributed by atoms with van der Waals surface area (Å²) >= 11 is 0. The predicted molar refractivity (Wildman–Crippen MR) is 114 cm³/mol. The lowest BCUT2D eigenvalue weighted by atomic mass is 10.1. The number of phenolic OH excluding ortho intramolecular Hbond substituents is 1. The normalized spacial score (nSPS) is 18.9. The molecule has 4 rings (SSSR count). The second kappa shape index (κ2) is 9.28. The van der Waals surface area contributed by atoms with E-state index in [0.29, 0.717) is 18.8 Å². The molecular weight excluding hydrogens is 399 g/mol. The van der Waals surface area contributed by atoms with Crippen LogP contribution in [0.2, 0.25) is 0 Å². The Hall–Kier alpha value is -3.23. The highest BCUT2D eigenvalue weighted by Crippen LogP contribution is 2.30. The summed E-state index contributed by atoms with van der Waals surface area (Å²) in [6.07, 6.45) is 4.25. The summed E-state index contributed by atoms with van der Waals surface area (Å²) in [5.74, 6) is -0.583. The average Bonchev–Trinajstić information content (AvgIpc) is 3.36. The van der Waals surface area contributed by atoms with Crippen LogP contribution < -0.4 is 5.32 Å². The van der Waals surface area contributed by atoms with E-state index < -0.39 is 5.82 Å². The average molecular weight is 424 g/mol. The van der Waals surface area contributed by atoms with Gasteiger partial charge in [-0.15, -0.1) is 0 Å². The van der Waals surface area contributed by atoms with E-state index in [0.717, 1.165) is 18.5 Å². The Morgan fingerprint density at radius 1 is 1.29 bits per heavy atom. The van der Waals surface area contributed by atoms with Crippen LogP contribution in [-0.4, -0.2) is 52.0 Å². The van der Waals surface area contributed by atoms with Crippen molar-refractivity contribution in [2.24, 2.45) is 0 Å². The number of benzene rings is 2. The SMILES string of the molecule is COC[C@@H]1C[C@H](n2cc(NC(=O)c3cccc(F)c3)cn2)CN1Cc1cccc(O)c1. The fourth-order valence-electron chi connectivity index (χ4n) is 4.03. The number of rotatable bonds is 7. The number of aromatic hydroxyl groups is 1. The number of amides is 1. The van der Waals surface area contributed by atoms with Gasteiger partial charge < -0.3 is 15.2 Å². The van der Waals surface area contributed by atoms with E-state index in [1.54, 1.807) is 37.7 Å². The monoisotopic (exact) mass is 424 g/mol. The molecule has 0 spiro atoms. The highest BCUT2D eigenvalue weighted by molar-refractivity contribution is 6.04. The lowest BCUT2D eigenvalue weighted by Crippen LogP contribution is -2.32. The Morgan fingerprint density at radius 2 is 2.13 bits per heavy atom. The van der Waals surface area contributed by atoms with E-state index in [4.69, 9.17) is 4.74 Å². The number of halogens is 1. The van der Waals surface area contributed by atoms with Crippen molar-refractivity contribution in [3.63, 3.8) is 0 Å². The smallest absolute Gasteiger partial charge is 0.255 e. The third-order valence-electron chi connectivity index (χ3n) is 5.48. The van der Waals surface area contributed by atoms with Crippen LogP contribution in [0.1, 0.15) is 28.4 Å². The number of hydrogen-bond acceptors (Lipinski definition) is 5. The van der Waals surface area contributed by atoms with Gasteiger partial charge in [-0.2, -0.15) is 5.10 Å². The van der Waals surface area contributed by atoms with Gasteiger partial charge in [0.05, 0.1) is 24.5 Å².